The van der Waals surface area contributed by atoms with E-state index in [0.717, 1.165) is 0 Å². The Bertz CT molecular complexity index is 665. The molecule has 0 amide bonds. The number of carbonyl (C=O) groups excluding carboxylic acids is 1. The standard InChI is InChI=1S/C13H11ClN2O4S.Na.H/c1-18-9-6-10(19-2)16-12(15-9)7-4-3-5-8(14)11(7)13(17)20-21;;/h3-6,21H,1-2H3;;. The summed E-state index contributed by atoms with van der Waals surface area (Å²) < 4.78 is 14.6. The zero-order chi connectivity index (χ0) is 15.4. The van der Waals surface area contributed by atoms with Crippen molar-refractivity contribution < 1.29 is 18.5 Å². The van der Waals surface area contributed by atoms with E-state index in [4.69, 9.17) is 21.1 Å². The molecule has 22 heavy (non-hydrogen) atoms. The fraction of sp³-hybridized carbons (Fsp3) is 0.154. The molecule has 0 aliphatic heterocycles. The van der Waals surface area contributed by atoms with E-state index in [9.17, 15) is 4.79 Å². The fourth-order valence-electron chi connectivity index (χ4n) is 1.70. The Kier molecular flexibility index (Phi) is 7.44. The average molecular weight is 351 g/mol. The van der Waals surface area contributed by atoms with Crippen molar-refractivity contribution in [3.8, 4) is 23.1 Å². The van der Waals surface area contributed by atoms with Gasteiger partial charge in [0.05, 0.1) is 30.9 Å². The first-order valence-electron chi connectivity index (χ1n) is 5.72. The number of methoxy groups -OCH3 is 2. The van der Waals surface area contributed by atoms with E-state index in [1.165, 1.54) is 20.3 Å². The van der Waals surface area contributed by atoms with Gasteiger partial charge in [0.15, 0.2) is 5.82 Å². The van der Waals surface area contributed by atoms with Crippen molar-refractivity contribution in [1.82, 2.24) is 9.97 Å². The molecule has 2 rings (SSSR count). The van der Waals surface area contributed by atoms with E-state index < -0.39 is 5.97 Å². The molecule has 1 aromatic heterocycles. The van der Waals surface area contributed by atoms with Gasteiger partial charge in [-0.2, -0.15) is 9.97 Å². The normalized spacial score (nSPS) is 9.64. The summed E-state index contributed by atoms with van der Waals surface area (Å²) in [6.45, 7) is 0. The van der Waals surface area contributed by atoms with Crippen molar-refractivity contribution in [3.05, 3.63) is 34.9 Å². The van der Waals surface area contributed by atoms with Crippen molar-refractivity contribution in [2.75, 3.05) is 14.2 Å². The topological polar surface area (TPSA) is 70.5 Å². The Hall–Kier alpha value is -0.990. The van der Waals surface area contributed by atoms with Crippen molar-refractivity contribution in [1.29, 1.82) is 0 Å². The Morgan fingerprint density at radius 1 is 1.18 bits per heavy atom. The second-order valence-electron chi connectivity index (χ2n) is 3.82. The van der Waals surface area contributed by atoms with Gasteiger partial charge in [-0.25, -0.2) is 4.79 Å². The molecule has 0 spiro atoms. The summed E-state index contributed by atoms with van der Waals surface area (Å²) in [5, 5.41) is 0.205. The third kappa shape index (κ3) is 4.05. The number of rotatable bonds is 4. The van der Waals surface area contributed by atoms with Gasteiger partial charge >= 0.3 is 35.5 Å². The average Bonchev–Trinajstić information content (AvgIpc) is 2.53. The van der Waals surface area contributed by atoms with Crippen LogP contribution in [0.15, 0.2) is 24.3 Å². The summed E-state index contributed by atoms with van der Waals surface area (Å²) in [5.41, 5.74) is 0.503. The third-order valence-corrected chi connectivity index (χ3v) is 3.12. The van der Waals surface area contributed by atoms with E-state index in [2.05, 4.69) is 27.1 Å². The molecule has 0 atom stereocenters. The van der Waals surface area contributed by atoms with Crippen LogP contribution < -0.4 is 9.47 Å². The number of halogens is 1. The van der Waals surface area contributed by atoms with Crippen LogP contribution >= 0.6 is 24.5 Å². The maximum atomic E-state index is 11.8. The molecule has 0 aliphatic carbocycles. The number of hydrogen-bond acceptors (Lipinski definition) is 7. The van der Waals surface area contributed by atoms with Crippen LogP contribution in [0.5, 0.6) is 11.8 Å². The number of nitrogens with zero attached hydrogens (tertiary/aromatic N) is 2. The number of ether oxygens (including phenoxy) is 2. The van der Waals surface area contributed by atoms with E-state index in [1.807, 2.05) is 0 Å². The summed E-state index contributed by atoms with van der Waals surface area (Å²) in [7, 11) is 2.93. The SMILES string of the molecule is COc1cc(OC)nc(-c2cccc(Cl)c2C(=O)OS)n1.[NaH]. The molecule has 0 saturated heterocycles. The Balaban J connectivity index is 0.00000242. The van der Waals surface area contributed by atoms with Crippen LogP contribution in [0.4, 0.5) is 0 Å². The molecule has 0 radical (unpaired) electrons. The molecule has 2 aromatic rings. The van der Waals surface area contributed by atoms with Crippen LogP contribution in [-0.2, 0) is 4.18 Å². The number of carbonyl (C=O) groups is 1. The van der Waals surface area contributed by atoms with Crippen LogP contribution in [0.25, 0.3) is 11.4 Å². The molecule has 6 nitrogen and oxygen atoms in total. The third-order valence-electron chi connectivity index (χ3n) is 2.64. The minimum absolute atomic E-state index is 0. The van der Waals surface area contributed by atoms with Gasteiger partial charge < -0.3 is 13.7 Å². The van der Waals surface area contributed by atoms with Gasteiger partial charge in [0.25, 0.3) is 0 Å². The number of aromatic nitrogens is 2. The quantitative estimate of drug-likeness (QED) is 0.517. The molecule has 0 aliphatic rings. The molecule has 1 aromatic carbocycles. The van der Waals surface area contributed by atoms with Crippen LogP contribution in [-0.4, -0.2) is 59.7 Å². The predicted molar refractivity (Wildman–Crippen MR) is 87.1 cm³/mol. The zero-order valence-electron chi connectivity index (χ0n) is 11.2. The zero-order valence-corrected chi connectivity index (χ0v) is 12.8. The fourth-order valence-corrected chi connectivity index (χ4v) is 2.04. The minimum atomic E-state index is -0.704. The first kappa shape index (κ1) is 19.1. The van der Waals surface area contributed by atoms with E-state index in [0.29, 0.717) is 17.3 Å². The van der Waals surface area contributed by atoms with Crippen LogP contribution in [0, 0.1) is 0 Å². The van der Waals surface area contributed by atoms with Crippen LogP contribution in [0.3, 0.4) is 0 Å². The van der Waals surface area contributed by atoms with Gasteiger partial charge in [0, 0.05) is 18.5 Å². The van der Waals surface area contributed by atoms with Gasteiger partial charge in [-0.15, -0.1) is 0 Å². The molecule has 0 N–H and O–H groups in total. The molecule has 0 fully saturated rings. The summed E-state index contributed by atoms with van der Waals surface area (Å²) in [4.78, 5) is 20.2. The van der Waals surface area contributed by atoms with E-state index >= 15 is 0 Å². The maximum absolute atomic E-state index is 11.8. The first-order valence-corrected chi connectivity index (χ1v) is 6.46. The number of thiol groups is 1. The molecule has 1 heterocycles. The monoisotopic (exact) mass is 350 g/mol. The predicted octanol–water partition coefficient (Wildman–Crippen LogP) is 2.17. The van der Waals surface area contributed by atoms with Gasteiger partial charge in [-0.05, 0) is 6.07 Å². The van der Waals surface area contributed by atoms with Crippen molar-refractivity contribution in [2.24, 2.45) is 0 Å². The number of benzene rings is 1. The van der Waals surface area contributed by atoms with E-state index in [1.54, 1.807) is 18.2 Å². The van der Waals surface area contributed by atoms with Gasteiger partial charge in [0.2, 0.25) is 11.8 Å². The van der Waals surface area contributed by atoms with Crippen LogP contribution in [0.1, 0.15) is 10.4 Å². The van der Waals surface area contributed by atoms with Crippen molar-refractivity contribution in [2.45, 2.75) is 0 Å². The Labute approximate surface area is 160 Å². The van der Waals surface area contributed by atoms with E-state index in [-0.39, 0.29) is 46.0 Å². The molecular formula is C13H12ClN2NaO4S. The number of hydrogen-bond donors (Lipinski definition) is 1. The second kappa shape index (κ2) is 8.59. The second-order valence-corrected chi connectivity index (χ2v) is 4.41. The van der Waals surface area contributed by atoms with Crippen molar-refractivity contribution >= 4 is 60.0 Å². The molecule has 9 heteroatoms. The molecule has 0 saturated carbocycles. The first-order chi connectivity index (χ1) is 10.1. The Morgan fingerprint density at radius 3 is 2.27 bits per heavy atom. The molecule has 112 valence electrons. The Morgan fingerprint density at radius 2 is 1.77 bits per heavy atom. The van der Waals surface area contributed by atoms with Crippen molar-refractivity contribution in [3.63, 3.8) is 0 Å². The summed E-state index contributed by atoms with van der Waals surface area (Å²) >= 11 is 9.56. The van der Waals surface area contributed by atoms with Gasteiger partial charge in [0.1, 0.15) is 0 Å². The molecule has 0 unspecified atom stereocenters. The molecule has 0 bridgehead atoms. The summed E-state index contributed by atoms with van der Waals surface area (Å²) in [6.07, 6.45) is 0. The summed E-state index contributed by atoms with van der Waals surface area (Å²) in [6, 6.07) is 6.38. The summed E-state index contributed by atoms with van der Waals surface area (Å²) in [5.74, 6) is 0.107. The van der Waals surface area contributed by atoms with Gasteiger partial charge in [-0.1, -0.05) is 23.7 Å². The molecular weight excluding hydrogens is 339 g/mol. The van der Waals surface area contributed by atoms with Crippen LogP contribution in [0.2, 0.25) is 5.02 Å². The van der Waals surface area contributed by atoms with Gasteiger partial charge in [-0.3, -0.25) is 0 Å².